The quantitative estimate of drug-likeness (QED) is 0.0309. The second-order valence-corrected chi connectivity index (χ2v) is 36.8. The van der Waals surface area contributed by atoms with Crippen LogP contribution >= 0.6 is 0 Å². The number of amides is 5. The van der Waals surface area contributed by atoms with Gasteiger partial charge in [0.15, 0.2) is 30.9 Å². The average molecular weight is 1910 g/mol. The lowest BCUT2D eigenvalue weighted by molar-refractivity contribution is -0.336. The maximum Gasteiger partial charge on any atom is 0.251 e. The van der Waals surface area contributed by atoms with E-state index in [9.17, 15) is 79.8 Å². The number of aliphatic hydroxyl groups is 10. The molecule has 6 aliphatic heterocycles. The zero-order chi connectivity index (χ0) is 95.0. The Morgan fingerprint density at radius 3 is 1.03 bits per heavy atom. The topological polar surface area (TPSA) is 541 Å². The van der Waals surface area contributed by atoms with E-state index in [0.29, 0.717) is 163 Å². The number of ketones is 1. The molecule has 5 amide bonds. The number of aliphatic hydroxyl groups excluding tert-OH is 10. The Kier molecular flexibility index (Phi) is 50.1. The summed E-state index contributed by atoms with van der Waals surface area (Å²) in [4.78, 5) is 85.8. The molecule has 4 aliphatic carbocycles. The lowest BCUT2D eigenvalue weighted by atomic mass is 9.84. The van der Waals surface area contributed by atoms with Gasteiger partial charge in [-0.15, -0.1) is 0 Å². The second-order valence-electron chi connectivity index (χ2n) is 36.8. The van der Waals surface area contributed by atoms with Crippen LogP contribution in [0.4, 0.5) is 0 Å². The molecule has 42 nitrogen and oxygen atoms in total. The van der Waals surface area contributed by atoms with Gasteiger partial charge in [0.2, 0.25) is 17.7 Å². The third kappa shape index (κ3) is 35.8. The van der Waals surface area contributed by atoms with Gasteiger partial charge in [0.1, 0.15) is 111 Å². The summed E-state index contributed by atoms with van der Waals surface area (Å²) in [5.74, 6) is -2.72. The number of nitrogens with one attached hydrogen (secondary N) is 3. The fourth-order valence-corrected chi connectivity index (χ4v) is 18.5. The molecule has 42 heteroatoms. The van der Waals surface area contributed by atoms with Gasteiger partial charge in [-0.25, -0.2) is 0 Å². The molecule has 13 N–H and O–H groups in total. The summed E-state index contributed by atoms with van der Waals surface area (Å²) in [7, 11) is 0. The van der Waals surface area contributed by atoms with Crippen molar-refractivity contribution in [2.24, 2.45) is 23.7 Å². The second kappa shape index (κ2) is 60.2. The van der Waals surface area contributed by atoms with Crippen LogP contribution in [0.15, 0.2) is 0 Å². The van der Waals surface area contributed by atoms with Crippen molar-refractivity contribution in [2.75, 3.05) is 191 Å². The van der Waals surface area contributed by atoms with E-state index in [-0.39, 0.29) is 107 Å². The van der Waals surface area contributed by atoms with Gasteiger partial charge < -0.3 is 176 Å². The number of hydrogen-bond acceptors (Lipinski definition) is 37. The van der Waals surface area contributed by atoms with E-state index in [4.69, 9.17) is 99.5 Å². The standard InChI is InChI=1S/C91H157N5O37/c1-56-15-11-21-63(82(56)132-90-80(109)78(107)74(103)58(3)124-90)128-88-72(84(76(105)67(52-97)130-88)126-65(86(111)95-25-13-26-95)49-60-17-7-5-8-18-60)93-69(100)24-23-62(99)54-122-47-45-120-43-41-118-39-37-116-35-33-114-31-29-113-30-32-115-34-36-117-38-40-119-42-44-121-46-48-123-55-71(102)92-51-70(101)94-73-85(127-66(87(112)96-27-14-28-96)50-61-19-9-6-10-20-61)77(106)68(53-98)131-89(73)129-64-22-12-16-57(2)83(64)133-91-81(110)79(108)75(104)59(4)125-91/h56-61,63-68,72-85,88-91,97-98,103-110H,5-55H2,1-4H3,(H,92,102)(H,93,100)(H,94,101)/t56?,57?,58?,59?,63-,64-,65+,66+,67+,68+,72?,73?,74-,75-,76+,77+,78+,79+,80?,81?,82-,83-,84?,85?,88-,89-,90+,91+/m1/s1. The minimum atomic E-state index is -1.59. The fraction of sp³-hybridized carbons (Fsp3) is 0.934. The largest absolute Gasteiger partial charge is 0.394 e. The molecule has 0 aromatic heterocycles. The number of rotatable bonds is 61. The maximum absolute atomic E-state index is 14.2. The van der Waals surface area contributed by atoms with Gasteiger partial charge in [0.05, 0.1) is 189 Å². The minimum absolute atomic E-state index is 0.0664. The molecule has 4 saturated carbocycles. The van der Waals surface area contributed by atoms with Crippen LogP contribution in [-0.4, -0.2) is 447 Å². The van der Waals surface area contributed by atoms with Crippen molar-refractivity contribution in [1.82, 2.24) is 25.8 Å². The van der Waals surface area contributed by atoms with Crippen molar-refractivity contribution < 1.29 is 179 Å². The number of nitrogens with zero attached hydrogens (tertiary/aromatic N) is 2. The van der Waals surface area contributed by atoms with Crippen molar-refractivity contribution in [2.45, 2.75) is 328 Å². The lowest BCUT2D eigenvalue weighted by Crippen LogP contribution is -2.68. The molecular formula is C91H157N5O37. The molecule has 768 valence electrons. The van der Waals surface area contributed by atoms with E-state index < -0.39 is 203 Å². The third-order valence-corrected chi connectivity index (χ3v) is 26.7. The van der Waals surface area contributed by atoms with Gasteiger partial charge in [-0.3, -0.25) is 28.8 Å². The van der Waals surface area contributed by atoms with Gasteiger partial charge in [-0.05, 0) is 88.9 Å². The van der Waals surface area contributed by atoms with Crippen LogP contribution in [0.25, 0.3) is 0 Å². The Hall–Kier alpha value is -4.22. The highest BCUT2D eigenvalue weighted by atomic mass is 16.8. The van der Waals surface area contributed by atoms with Crippen LogP contribution in [0.1, 0.15) is 169 Å². The number of likely N-dealkylation sites (tertiary alicyclic amines) is 2. The number of ether oxygens (including phenoxy) is 21. The van der Waals surface area contributed by atoms with E-state index in [1.54, 1.807) is 23.6 Å². The SMILES string of the molecule is CC1O[C@@H](O[C@@H]2C(C)CCC[C@H]2O[C@@H]2O[C@@H](CO)[C@H](O)C(O[C@@H](CC3CCCCC3)C(=O)N3CCC3)C2NC(=O)CCC(=O)COCCOCCOCCOCCOCCOCCOCCOCCOCCOCCOCC(=O)NCC(=O)NC2C(O[C@@H](CC3CCCCC3)C(=O)N3CCC3)[C@@H](O)[C@H](CO)O[C@H]2O[C@@H]2CCCC(C)[C@H]2O[C@@H]2OC(C)[C@@H](O)[C@H](O)C2O)C(O)[C@@H](O)[C@@H]1O. The van der Waals surface area contributed by atoms with Crippen LogP contribution in [0, 0.1) is 23.7 Å². The number of carbonyl (C=O) groups excluding carboxylic acids is 6. The molecule has 0 aromatic carbocycles. The average Bonchev–Trinajstić information content (AvgIpc) is 0.752. The molecule has 0 radical (unpaired) electrons. The Bertz CT molecular complexity index is 3080. The lowest BCUT2D eigenvalue weighted by Gasteiger charge is -2.48. The van der Waals surface area contributed by atoms with Crippen LogP contribution in [0.2, 0.25) is 0 Å². The van der Waals surface area contributed by atoms with Crippen molar-refractivity contribution in [3.05, 3.63) is 0 Å². The molecule has 10 fully saturated rings. The zero-order valence-corrected chi connectivity index (χ0v) is 78.3. The summed E-state index contributed by atoms with van der Waals surface area (Å²) in [6.07, 6.45) is -14.1. The van der Waals surface area contributed by atoms with Crippen molar-refractivity contribution in [1.29, 1.82) is 0 Å². The number of Topliss-reactive ketones (excluding diaryl/α,β-unsaturated/α-hetero) is 1. The van der Waals surface area contributed by atoms with E-state index in [1.165, 1.54) is 0 Å². The van der Waals surface area contributed by atoms with Gasteiger partial charge in [0, 0.05) is 39.0 Å². The van der Waals surface area contributed by atoms with Crippen LogP contribution < -0.4 is 16.0 Å². The maximum atomic E-state index is 14.2. The molecule has 10 unspecified atom stereocenters. The molecule has 133 heavy (non-hydrogen) atoms. The van der Waals surface area contributed by atoms with E-state index >= 15 is 0 Å². The Labute approximate surface area is 780 Å². The molecule has 0 spiro atoms. The molecule has 10 rings (SSSR count). The minimum Gasteiger partial charge on any atom is -0.394 e. The summed E-state index contributed by atoms with van der Waals surface area (Å²) >= 11 is 0. The molecular weight excluding hydrogens is 1750 g/mol. The first kappa shape index (κ1) is 111. The first-order valence-corrected chi connectivity index (χ1v) is 48.9. The molecule has 28 atom stereocenters. The highest BCUT2D eigenvalue weighted by Gasteiger charge is 2.55. The molecule has 6 saturated heterocycles. The Balaban J connectivity index is 0.516. The molecule has 6 heterocycles. The molecule has 0 bridgehead atoms. The highest BCUT2D eigenvalue weighted by molar-refractivity contribution is 5.86. The first-order valence-electron chi connectivity index (χ1n) is 48.9. The van der Waals surface area contributed by atoms with E-state index in [1.807, 2.05) is 13.8 Å². The number of carbonyl (C=O) groups is 6. The summed E-state index contributed by atoms with van der Waals surface area (Å²) in [5.41, 5.74) is 0. The predicted octanol–water partition coefficient (Wildman–Crippen LogP) is -1.49. The summed E-state index contributed by atoms with van der Waals surface area (Å²) < 4.78 is 125. The summed E-state index contributed by atoms with van der Waals surface area (Å²) in [5, 5.41) is 117. The normalized spacial score (nSPS) is 33.5. The van der Waals surface area contributed by atoms with E-state index in [2.05, 4.69) is 16.0 Å². The van der Waals surface area contributed by atoms with Gasteiger partial charge >= 0.3 is 0 Å². The van der Waals surface area contributed by atoms with Crippen molar-refractivity contribution >= 4 is 35.3 Å². The summed E-state index contributed by atoms with van der Waals surface area (Å²) in [6, 6.07) is -2.57. The van der Waals surface area contributed by atoms with Crippen molar-refractivity contribution in [3.63, 3.8) is 0 Å². The fourth-order valence-electron chi connectivity index (χ4n) is 18.5. The summed E-state index contributed by atoms with van der Waals surface area (Å²) in [6.45, 7) is 12.6. The van der Waals surface area contributed by atoms with Gasteiger partial charge in [-0.2, -0.15) is 0 Å². The third-order valence-electron chi connectivity index (χ3n) is 26.7. The molecule has 0 aromatic rings. The molecule has 10 aliphatic rings. The first-order chi connectivity index (χ1) is 64.4. The van der Waals surface area contributed by atoms with E-state index in [0.717, 1.165) is 77.0 Å². The van der Waals surface area contributed by atoms with Gasteiger partial charge in [0.25, 0.3) is 11.8 Å². The predicted molar refractivity (Wildman–Crippen MR) is 466 cm³/mol. The van der Waals surface area contributed by atoms with Crippen LogP contribution in [-0.2, 0) is 128 Å². The van der Waals surface area contributed by atoms with Crippen LogP contribution in [0.3, 0.4) is 0 Å². The Morgan fingerprint density at radius 1 is 0.338 bits per heavy atom. The van der Waals surface area contributed by atoms with Crippen molar-refractivity contribution in [3.8, 4) is 0 Å². The Morgan fingerprint density at radius 2 is 0.684 bits per heavy atom. The number of hydrogen-bond donors (Lipinski definition) is 13. The van der Waals surface area contributed by atoms with Gasteiger partial charge in [-0.1, -0.05) is 90.9 Å². The smallest absolute Gasteiger partial charge is 0.251 e. The monoisotopic (exact) mass is 1910 g/mol. The highest BCUT2D eigenvalue weighted by Crippen LogP contribution is 2.41. The zero-order valence-electron chi connectivity index (χ0n) is 78.3. The van der Waals surface area contributed by atoms with Crippen LogP contribution in [0.5, 0.6) is 0 Å².